The number of ether oxygens (including phenoxy) is 1. The number of H-pyrrole nitrogens is 1. The van der Waals surface area contributed by atoms with Crippen molar-refractivity contribution in [2.24, 2.45) is 0 Å². The molecule has 3 aromatic rings. The number of hydrogen-bond acceptors (Lipinski definition) is 3. The smallest absolute Gasteiger partial charge is 0.356 e. The molecule has 0 bridgehead atoms. The number of esters is 1. The summed E-state index contributed by atoms with van der Waals surface area (Å²) in [6, 6.07) is 9.91. The minimum Gasteiger partial charge on any atom is -0.464 e. The molecule has 0 radical (unpaired) electrons. The molecule has 4 nitrogen and oxygen atoms in total. The van der Waals surface area contributed by atoms with Crippen molar-refractivity contribution in [1.29, 1.82) is 0 Å². The highest BCUT2D eigenvalue weighted by molar-refractivity contribution is 6.09. The van der Waals surface area contributed by atoms with E-state index in [4.69, 9.17) is 4.74 Å². The van der Waals surface area contributed by atoms with Gasteiger partial charge >= 0.3 is 5.97 Å². The van der Waals surface area contributed by atoms with Crippen molar-refractivity contribution >= 4 is 27.8 Å². The number of pyridine rings is 1. The van der Waals surface area contributed by atoms with Gasteiger partial charge in [0.25, 0.3) is 0 Å². The van der Waals surface area contributed by atoms with Crippen molar-refractivity contribution in [3.05, 3.63) is 41.7 Å². The Morgan fingerprint density at radius 1 is 1.29 bits per heavy atom. The van der Waals surface area contributed by atoms with Gasteiger partial charge in [0, 0.05) is 16.3 Å². The van der Waals surface area contributed by atoms with E-state index >= 15 is 0 Å². The maximum Gasteiger partial charge on any atom is 0.356 e. The molecule has 0 saturated carbocycles. The number of hydrogen-bond donors (Lipinski definition) is 1. The van der Waals surface area contributed by atoms with Crippen molar-refractivity contribution in [3.8, 4) is 0 Å². The van der Waals surface area contributed by atoms with Crippen LogP contribution < -0.4 is 0 Å². The van der Waals surface area contributed by atoms with Gasteiger partial charge in [-0.2, -0.15) is 0 Å². The molecule has 4 heteroatoms. The van der Waals surface area contributed by atoms with Crippen molar-refractivity contribution < 1.29 is 9.53 Å². The number of carbonyl (C=O) groups excluding carboxylic acids is 1. The summed E-state index contributed by atoms with van der Waals surface area (Å²) in [5.74, 6) is -0.389. The quantitative estimate of drug-likeness (QED) is 0.739. The molecule has 108 valence electrons. The Labute approximate surface area is 123 Å². The van der Waals surface area contributed by atoms with E-state index in [1.165, 1.54) is 7.11 Å². The summed E-state index contributed by atoms with van der Waals surface area (Å²) in [6.45, 7) is 2.15. The number of benzene rings is 1. The molecule has 3 rings (SSSR count). The third-order valence-corrected chi connectivity index (χ3v) is 3.73. The zero-order chi connectivity index (χ0) is 14.8. The number of para-hydroxylation sites is 1. The first kappa shape index (κ1) is 13.6. The first-order valence-electron chi connectivity index (χ1n) is 7.23. The van der Waals surface area contributed by atoms with Crippen molar-refractivity contribution in [3.63, 3.8) is 0 Å². The number of fused-ring (bicyclic) bond motifs is 3. The molecule has 2 aromatic heterocycles. The summed E-state index contributed by atoms with van der Waals surface area (Å²) in [5.41, 5.74) is 3.40. The van der Waals surface area contributed by atoms with Crippen LogP contribution in [0.3, 0.4) is 0 Å². The average Bonchev–Trinajstić information content (AvgIpc) is 2.90. The molecule has 0 amide bonds. The number of rotatable bonds is 4. The monoisotopic (exact) mass is 282 g/mol. The molecule has 2 heterocycles. The lowest BCUT2D eigenvalue weighted by Crippen LogP contribution is -2.06. The van der Waals surface area contributed by atoms with E-state index in [9.17, 15) is 4.79 Å². The maximum absolute atomic E-state index is 11.8. The molecule has 0 unspecified atom stereocenters. The highest BCUT2D eigenvalue weighted by atomic mass is 16.5. The summed E-state index contributed by atoms with van der Waals surface area (Å²) in [6.07, 6.45) is 2.98. The second-order valence-electron chi connectivity index (χ2n) is 5.14. The summed E-state index contributed by atoms with van der Waals surface area (Å²) in [5, 5.41) is 2.14. The van der Waals surface area contributed by atoms with Crippen LogP contribution in [0.25, 0.3) is 21.8 Å². The summed E-state index contributed by atoms with van der Waals surface area (Å²) >= 11 is 0. The number of methoxy groups -OCH3 is 1. The first-order valence-corrected chi connectivity index (χ1v) is 7.23. The lowest BCUT2D eigenvalue weighted by molar-refractivity contribution is 0.0594. The molecule has 21 heavy (non-hydrogen) atoms. The molecule has 0 aliphatic rings. The molecule has 0 spiro atoms. The molecule has 0 atom stereocenters. The number of aromatic nitrogens is 2. The van der Waals surface area contributed by atoms with Gasteiger partial charge in [0.2, 0.25) is 0 Å². The molecule has 1 aromatic carbocycles. The van der Waals surface area contributed by atoms with Crippen LogP contribution in [0.5, 0.6) is 0 Å². The third kappa shape index (κ3) is 2.37. The maximum atomic E-state index is 11.8. The van der Waals surface area contributed by atoms with Crippen LogP contribution in [0, 0.1) is 0 Å². The zero-order valence-electron chi connectivity index (χ0n) is 12.3. The Kier molecular flexibility index (Phi) is 3.60. The molecular formula is C17H18N2O2. The normalized spacial score (nSPS) is 11.1. The van der Waals surface area contributed by atoms with Gasteiger partial charge in [-0.05, 0) is 25.0 Å². The standard InChI is InChI=1S/C17H18N2O2/c1-3-4-8-14-16-12(10-15(18-14)17(20)21-2)11-7-5-6-9-13(11)19-16/h5-7,9-10,19H,3-4,8H2,1-2H3. The zero-order valence-corrected chi connectivity index (χ0v) is 12.3. The Balaban J connectivity index is 2.28. The predicted molar refractivity (Wildman–Crippen MR) is 83.6 cm³/mol. The van der Waals surface area contributed by atoms with Gasteiger partial charge in [-0.15, -0.1) is 0 Å². The van der Waals surface area contributed by atoms with Gasteiger partial charge in [0.15, 0.2) is 0 Å². The largest absolute Gasteiger partial charge is 0.464 e. The molecular weight excluding hydrogens is 264 g/mol. The van der Waals surface area contributed by atoms with Gasteiger partial charge in [-0.25, -0.2) is 9.78 Å². The van der Waals surface area contributed by atoms with Crippen molar-refractivity contribution in [2.45, 2.75) is 26.2 Å². The second-order valence-corrected chi connectivity index (χ2v) is 5.14. The third-order valence-electron chi connectivity index (χ3n) is 3.73. The number of unbranched alkanes of at least 4 members (excludes halogenated alkanes) is 1. The Hall–Kier alpha value is -2.36. The van der Waals surface area contributed by atoms with Crippen LogP contribution >= 0.6 is 0 Å². The topological polar surface area (TPSA) is 55.0 Å². The summed E-state index contributed by atoms with van der Waals surface area (Å²) in [4.78, 5) is 19.8. The van der Waals surface area contributed by atoms with Crippen LogP contribution in [-0.4, -0.2) is 23.0 Å². The van der Waals surface area contributed by atoms with E-state index in [1.807, 2.05) is 24.3 Å². The van der Waals surface area contributed by atoms with Crippen LogP contribution in [-0.2, 0) is 11.2 Å². The van der Waals surface area contributed by atoms with Crippen molar-refractivity contribution in [1.82, 2.24) is 9.97 Å². The Morgan fingerprint density at radius 2 is 2.10 bits per heavy atom. The summed E-state index contributed by atoms with van der Waals surface area (Å²) in [7, 11) is 1.38. The van der Waals surface area contributed by atoms with Crippen LogP contribution in [0.15, 0.2) is 30.3 Å². The molecule has 0 aliphatic heterocycles. The predicted octanol–water partition coefficient (Wildman–Crippen LogP) is 3.85. The lowest BCUT2D eigenvalue weighted by atomic mass is 10.1. The Morgan fingerprint density at radius 3 is 2.86 bits per heavy atom. The SMILES string of the molecule is CCCCc1nc(C(=O)OC)cc2c1[nH]c1ccccc12. The Bertz CT molecular complexity index is 805. The summed E-state index contributed by atoms with van der Waals surface area (Å²) < 4.78 is 4.82. The van der Waals surface area contributed by atoms with E-state index in [2.05, 4.69) is 23.0 Å². The second kappa shape index (κ2) is 5.56. The molecule has 0 saturated heterocycles. The highest BCUT2D eigenvalue weighted by Crippen LogP contribution is 2.28. The van der Waals surface area contributed by atoms with Crippen LogP contribution in [0.1, 0.15) is 35.9 Å². The molecule has 0 aliphatic carbocycles. The number of carbonyl (C=O) groups is 1. The molecule has 1 N–H and O–H groups in total. The van der Waals surface area contributed by atoms with Gasteiger partial charge in [0.1, 0.15) is 5.69 Å². The van der Waals surface area contributed by atoms with Gasteiger partial charge in [0.05, 0.1) is 18.3 Å². The number of nitrogens with zero attached hydrogens (tertiary/aromatic N) is 1. The fourth-order valence-corrected chi connectivity index (χ4v) is 2.65. The van der Waals surface area contributed by atoms with E-state index < -0.39 is 0 Å². The highest BCUT2D eigenvalue weighted by Gasteiger charge is 2.15. The minimum atomic E-state index is -0.389. The van der Waals surface area contributed by atoms with E-state index in [-0.39, 0.29) is 5.97 Å². The van der Waals surface area contributed by atoms with Crippen molar-refractivity contribution in [2.75, 3.05) is 7.11 Å². The number of aryl methyl sites for hydroxylation is 1. The van der Waals surface area contributed by atoms with Gasteiger partial charge in [-0.3, -0.25) is 0 Å². The number of nitrogens with one attached hydrogen (secondary N) is 1. The minimum absolute atomic E-state index is 0.376. The van der Waals surface area contributed by atoms with E-state index in [0.29, 0.717) is 5.69 Å². The van der Waals surface area contributed by atoms with E-state index in [1.54, 1.807) is 0 Å². The van der Waals surface area contributed by atoms with Crippen LogP contribution in [0.2, 0.25) is 0 Å². The fraction of sp³-hybridized carbons (Fsp3) is 0.294. The lowest BCUT2D eigenvalue weighted by Gasteiger charge is -2.05. The average molecular weight is 282 g/mol. The van der Waals surface area contributed by atoms with Gasteiger partial charge < -0.3 is 9.72 Å². The number of aromatic amines is 1. The van der Waals surface area contributed by atoms with Gasteiger partial charge in [-0.1, -0.05) is 31.5 Å². The van der Waals surface area contributed by atoms with E-state index in [0.717, 1.165) is 46.8 Å². The fourth-order valence-electron chi connectivity index (χ4n) is 2.65. The first-order chi connectivity index (χ1) is 10.2. The van der Waals surface area contributed by atoms with Crippen LogP contribution in [0.4, 0.5) is 0 Å². The molecule has 0 fully saturated rings.